The Kier molecular flexibility index (Phi) is 6.16. The zero-order chi connectivity index (χ0) is 20.2. The third kappa shape index (κ3) is 4.98. The first-order chi connectivity index (χ1) is 14.1. The van der Waals surface area contributed by atoms with E-state index < -0.39 is 0 Å². The second-order valence-corrected chi connectivity index (χ2v) is 8.40. The lowest BCUT2D eigenvalue weighted by atomic mass is 9.96. The van der Waals surface area contributed by atoms with Gasteiger partial charge in [0.25, 0.3) is 5.91 Å². The lowest BCUT2D eigenvalue weighted by molar-refractivity contribution is -0.121. The summed E-state index contributed by atoms with van der Waals surface area (Å²) in [5, 5.41) is 6.58. The van der Waals surface area contributed by atoms with Gasteiger partial charge >= 0.3 is 0 Å². The van der Waals surface area contributed by atoms with E-state index in [1.54, 1.807) is 12.1 Å². The van der Waals surface area contributed by atoms with Gasteiger partial charge in [0.05, 0.1) is 6.54 Å². The Bertz CT molecular complexity index is 842. The Balaban J connectivity index is 1.26. The van der Waals surface area contributed by atoms with E-state index in [-0.39, 0.29) is 24.4 Å². The number of nitrogens with one attached hydrogen (secondary N) is 2. The average molecular weight is 412 g/mol. The van der Waals surface area contributed by atoms with Crippen LogP contribution in [0.3, 0.4) is 0 Å². The van der Waals surface area contributed by atoms with Crippen molar-refractivity contribution < 1.29 is 9.59 Å². The van der Waals surface area contributed by atoms with E-state index in [1.807, 2.05) is 30.3 Å². The average Bonchev–Trinajstić information content (AvgIpc) is 2.96. The molecule has 6 heteroatoms. The number of piperidine rings is 1. The molecular weight excluding hydrogens is 386 g/mol. The molecular formula is C23H26ClN3O2. The Morgan fingerprint density at radius 2 is 1.62 bits per heavy atom. The van der Waals surface area contributed by atoms with Crippen molar-refractivity contribution >= 4 is 23.4 Å². The number of carbonyl (C=O) groups excluding carboxylic acids is 2. The van der Waals surface area contributed by atoms with E-state index in [0.717, 1.165) is 24.4 Å². The SMILES string of the molecule is O=C(CNC(=O)c1ccccc1)N[C@H]1C[C@H]2CC[C@@H](C1)N2Cc1ccc(Cl)cc1. The fraction of sp³-hybridized carbons (Fsp3) is 0.391. The number of nitrogens with zero attached hydrogens (tertiary/aromatic N) is 1. The van der Waals surface area contributed by atoms with Crippen LogP contribution in [0.15, 0.2) is 54.6 Å². The molecule has 0 aliphatic carbocycles. The first-order valence-electron chi connectivity index (χ1n) is 10.2. The van der Waals surface area contributed by atoms with Crippen LogP contribution in [0.5, 0.6) is 0 Å². The van der Waals surface area contributed by atoms with Gasteiger partial charge in [0, 0.05) is 35.3 Å². The third-order valence-corrected chi connectivity index (χ3v) is 6.23. The number of benzene rings is 2. The van der Waals surface area contributed by atoms with Crippen molar-refractivity contribution in [3.05, 3.63) is 70.7 Å². The van der Waals surface area contributed by atoms with E-state index in [2.05, 4.69) is 27.7 Å². The second-order valence-electron chi connectivity index (χ2n) is 7.97. The molecule has 2 N–H and O–H groups in total. The molecule has 0 radical (unpaired) electrons. The van der Waals surface area contributed by atoms with Gasteiger partial charge in [-0.3, -0.25) is 14.5 Å². The highest BCUT2D eigenvalue weighted by Crippen LogP contribution is 2.36. The molecule has 4 rings (SSSR count). The van der Waals surface area contributed by atoms with Crippen LogP contribution in [0.2, 0.25) is 5.02 Å². The van der Waals surface area contributed by atoms with Gasteiger partial charge in [-0.25, -0.2) is 0 Å². The highest BCUT2D eigenvalue weighted by Gasteiger charge is 2.40. The molecule has 5 nitrogen and oxygen atoms in total. The van der Waals surface area contributed by atoms with Gasteiger partial charge in [0.15, 0.2) is 0 Å². The fourth-order valence-electron chi connectivity index (χ4n) is 4.58. The van der Waals surface area contributed by atoms with Gasteiger partial charge in [-0.1, -0.05) is 41.9 Å². The van der Waals surface area contributed by atoms with Gasteiger partial charge in [0.2, 0.25) is 5.91 Å². The van der Waals surface area contributed by atoms with Crippen LogP contribution in [-0.2, 0) is 11.3 Å². The van der Waals surface area contributed by atoms with Crippen LogP contribution < -0.4 is 10.6 Å². The number of hydrogen-bond acceptors (Lipinski definition) is 3. The molecule has 3 atom stereocenters. The molecule has 152 valence electrons. The standard InChI is InChI=1S/C23H26ClN3O2/c24-18-8-6-16(7-9-18)15-27-20-10-11-21(27)13-19(12-20)26-22(28)14-25-23(29)17-4-2-1-3-5-17/h1-9,19-21H,10-15H2,(H,25,29)(H,26,28)/t19-,20+,21-. The summed E-state index contributed by atoms with van der Waals surface area (Å²) in [4.78, 5) is 27.0. The van der Waals surface area contributed by atoms with Crippen molar-refractivity contribution in [2.75, 3.05) is 6.54 Å². The maximum Gasteiger partial charge on any atom is 0.251 e. The summed E-state index contributed by atoms with van der Waals surface area (Å²) in [6.45, 7) is 0.939. The predicted octanol–water partition coefficient (Wildman–Crippen LogP) is 3.38. The molecule has 0 unspecified atom stereocenters. The molecule has 0 spiro atoms. The minimum Gasteiger partial charge on any atom is -0.352 e. The van der Waals surface area contributed by atoms with Crippen molar-refractivity contribution in [2.45, 2.75) is 50.4 Å². The first-order valence-corrected chi connectivity index (χ1v) is 10.6. The van der Waals surface area contributed by atoms with Crippen LogP contribution in [-0.4, -0.2) is 41.4 Å². The molecule has 2 saturated heterocycles. The van der Waals surface area contributed by atoms with Crippen LogP contribution in [0.1, 0.15) is 41.6 Å². The third-order valence-electron chi connectivity index (χ3n) is 5.97. The van der Waals surface area contributed by atoms with E-state index in [0.29, 0.717) is 17.6 Å². The largest absolute Gasteiger partial charge is 0.352 e. The quantitative estimate of drug-likeness (QED) is 0.766. The van der Waals surface area contributed by atoms with Crippen LogP contribution in [0, 0.1) is 0 Å². The molecule has 2 heterocycles. The first kappa shape index (κ1) is 19.9. The minimum absolute atomic E-state index is 0.00799. The highest BCUT2D eigenvalue weighted by atomic mass is 35.5. The normalized spacial score (nSPS) is 23.6. The highest BCUT2D eigenvalue weighted by molar-refractivity contribution is 6.30. The summed E-state index contributed by atoms with van der Waals surface area (Å²) in [6.07, 6.45) is 4.27. The number of amides is 2. The maximum absolute atomic E-state index is 12.3. The summed E-state index contributed by atoms with van der Waals surface area (Å²) in [6, 6.07) is 18.2. The van der Waals surface area contributed by atoms with Crippen molar-refractivity contribution in [1.82, 2.24) is 15.5 Å². The van der Waals surface area contributed by atoms with Gasteiger partial charge < -0.3 is 10.6 Å². The zero-order valence-electron chi connectivity index (χ0n) is 16.3. The predicted molar refractivity (Wildman–Crippen MR) is 114 cm³/mol. The molecule has 2 fully saturated rings. The smallest absolute Gasteiger partial charge is 0.251 e. The Labute approximate surface area is 176 Å². The summed E-state index contributed by atoms with van der Waals surface area (Å²) in [7, 11) is 0. The van der Waals surface area contributed by atoms with Crippen LogP contribution in [0.25, 0.3) is 0 Å². The number of rotatable bonds is 6. The van der Waals surface area contributed by atoms with E-state index in [1.165, 1.54) is 18.4 Å². The molecule has 2 bridgehead atoms. The van der Waals surface area contributed by atoms with Crippen molar-refractivity contribution in [3.8, 4) is 0 Å². The minimum atomic E-state index is -0.224. The maximum atomic E-state index is 12.3. The van der Waals surface area contributed by atoms with Crippen LogP contribution >= 0.6 is 11.6 Å². The molecule has 2 aliphatic heterocycles. The lowest BCUT2D eigenvalue weighted by Gasteiger charge is -2.39. The summed E-state index contributed by atoms with van der Waals surface area (Å²) in [5.41, 5.74) is 1.84. The molecule has 0 aromatic heterocycles. The van der Waals surface area contributed by atoms with Gasteiger partial charge in [-0.15, -0.1) is 0 Å². The molecule has 2 aromatic carbocycles. The van der Waals surface area contributed by atoms with Crippen molar-refractivity contribution in [2.24, 2.45) is 0 Å². The number of fused-ring (bicyclic) bond motifs is 2. The fourth-order valence-corrected chi connectivity index (χ4v) is 4.71. The molecule has 2 amide bonds. The van der Waals surface area contributed by atoms with Crippen molar-refractivity contribution in [1.29, 1.82) is 0 Å². The van der Waals surface area contributed by atoms with E-state index in [4.69, 9.17) is 11.6 Å². The lowest BCUT2D eigenvalue weighted by Crippen LogP contribution is -2.51. The molecule has 0 saturated carbocycles. The van der Waals surface area contributed by atoms with Gasteiger partial charge in [-0.2, -0.15) is 0 Å². The van der Waals surface area contributed by atoms with E-state index >= 15 is 0 Å². The number of hydrogen-bond donors (Lipinski definition) is 2. The van der Waals surface area contributed by atoms with E-state index in [9.17, 15) is 9.59 Å². The summed E-state index contributed by atoms with van der Waals surface area (Å²) >= 11 is 5.99. The van der Waals surface area contributed by atoms with Gasteiger partial charge in [-0.05, 0) is 55.5 Å². The topological polar surface area (TPSA) is 61.4 Å². The van der Waals surface area contributed by atoms with Gasteiger partial charge in [0.1, 0.15) is 0 Å². The molecule has 29 heavy (non-hydrogen) atoms. The monoisotopic (exact) mass is 411 g/mol. The summed E-state index contributed by atoms with van der Waals surface area (Å²) < 4.78 is 0. The van der Waals surface area contributed by atoms with Crippen LogP contribution in [0.4, 0.5) is 0 Å². The molecule has 2 aromatic rings. The number of carbonyl (C=O) groups is 2. The van der Waals surface area contributed by atoms with Crippen molar-refractivity contribution in [3.63, 3.8) is 0 Å². The second kappa shape index (κ2) is 8.97. The Morgan fingerprint density at radius 3 is 2.28 bits per heavy atom. The Hall–Kier alpha value is -2.37. The summed E-state index contributed by atoms with van der Waals surface area (Å²) in [5.74, 6) is -0.344. The number of halogens is 1. The molecule has 2 aliphatic rings. The zero-order valence-corrected chi connectivity index (χ0v) is 17.1. The Morgan fingerprint density at radius 1 is 0.966 bits per heavy atom.